The molecule has 0 saturated carbocycles. The number of methoxy groups -OCH3 is 1. The SMILES string of the molecule is COc1ccc(NC(=O)c2sccc2N)cc1C. The van der Waals surface area contributed by atoms with Crippen LogP contribution in [0.3, 0.4) is 0 Å². The summed E-state index contributed by atoms with van der Waals surface area (Å²) in [5, 5.41) is 4.61. The highest BCUT2D eigenvalue weighted by molar-refractivity contribution is 7.12. The molecule has 3 N–H and O–H groups in total. The van der Waals surface area contributed by atoms with Crippen molar-refractivity contribution >= 4 is 28.6 Å². The number of ether oxygens (including phenoxy) is 1. The van der Waals surface area contributed by atoms with E-state index < -0.39 is 0 Å². The first kappa shape index (κ1) is 12.4. The van der Waals surface area contributed by atoms with E-state index in [-0.39, 0.29) is 5.91 Å². The second-order valence-electron chi connectivity index (χ2n) is 3.84. The highest BCUT2D eigenvalue weighted by atomic mass is 32.1. The Balaban J connectivity index is 2.17. The monoisotopic (exact) mass is 262 g/mol. The molecule has 0 aliphatic rings. The molecule has 0 aliphatic heterocycles. The summed E-state index contributed by atoms with van der Waals surface area (Å²) in [6, 6.07) is 7.20. The molecule has 2 rings (SSSR count). The summed E-state index contributed by atoms with van der Waals surface area (Å²) >= 11 is 1.33. The molecule has 1 aromatic heterocycles. The molecule has 18 heavy (non-hydrogen) atoms. The van der Waals surface area contributed by atoms with Crippen LogP contribution < -0.4 is 15.8 Å². The van der Waals surface area contributed by atoms with Gasteiger partial charge in [0.15, 0.2) is 0 Å². The Morgan fingerprint density at radius 3 is 2.72 bits per heavy atom. The van der Waals surface area contributed by atoms with E-state index in [2.05, 4.69) is 5.32 Å². The third-order valence-electron chi connectivity index (χ3n) is 2.55. The number of nitrogen functional groups attached to an aromatic ring is 1. The van der Waals surface area contributed by atoms with Crippen LogP contribution in [0.1, 0.15) is 15.2 Å². The Labute approximate surface area is 109 Å². The molecule has 5 heteroatoms. The molecule has 0 bridgehead atoms. The number of aryl methyl sites for hydroxylation is 1. The molecule has 0 aliphatic carbocycles. The van der Waals surface area contributed by atoms with Crippen molar-refractivity contribution in [1.29, 1.82) is 0 Å². The number of benzene rings is 1. The van der Waals surface area contributed by atoms with Gasteiger partial charge in [0.1, 0.15) is 10.6 Å². The van der Waals surface area contributed by atoms with E-state index >= 15 is 0 Å². The van der Waals surface area contributed by atoms with Crippen LogP contribution in [0.5, 0.6) is 5.75 Å². The summed E-state index contributed by atoms with van der Waals surface area (Å²) in [6.45, 7) is 1.92. The molecule has 4 nitrogen and oxygen atoms in total. The maximum absolute atomic E-state index is 11.9. The number of hydrogen-bond acceptors (Lipinski definition) is 4. The highest BCUT2D eigenvalue weighted by Crippen LogP contribution is 2.24. The lowest BCUT2D eigenvalue weighted by Crippen LogP contribution is -2.12. The Hall–Kier alpha value is -2.01. The molecular formula is C13H14N2O2S. The van der Waals surface area contributed by atoms with Crippen LogP contribution in [0.25, 0.3) is 0 Å². The minimum absolute atomic E-state index is 0.188. The van der Waals surface area contributed by atoms with E-state index in [4.69, 9.17) is 10.5 Å². The smallest absolute Gasteiger partial charge is 0.267 e. The number of carbonyl (C=O) groups is 1. The average molecular weight is 262 g/mol. The standard InChI is InChI=1S/C13H14N2O2S/c1-8-7-9(3-4-11(8)17-2)15-13(16)12-10(14)5-6-18-12/h3-7H,14H2,1-2H3,(H,15,16). The van der Waals surface area contributed by atoms with Crippen molar-refractivity contribution < 1.29 is 9.53 Å². The minimum Gasteiger partial charge on any atom is -0.496 e. The number of anilines is 2. The summed E-state index contributed by atoms with van der Waals surface area (Å²) in [6.07, 6.45) is 0. The molecule has 2 aromatic rings. The first-order valence-corrected chi connectivity index (χ1v) is 6.28. The zero-order valence-corrected chi connectivity index (χ0v) is 11.0. The maximum atomic E-state index is 11.9. The molecule has 0 atom stereocenters. The fraction of sp³-hybridized carbons (Fsp3) is 0.154. The Morgan fingerprint density at radius 2 is 2.17 bits per heavy atom. The van der Waals surface area contributed by atoms with E-state index in [9.17, 15) is 4.79 Å². The van der Waals surface area contributed by atoms with Gasteiger partial charge >= 0.3 is 0 Å². The number of thiophene rings is 1. The Bertz CT molecular complexity index is 578. The lowest BCUT2D eigenvalue weighted by Gasteiger charge is -2.08. The van der Waals surface area contributed by atoms with Gasteiger partial charge in [-0.05, 0) is 42.1 Å². The first-order chi connectivity index (χ1) is 8.61. The summed E-state index contributed by atoms with van der Waals surface area (Å²) in [5.74, 6) is 0.607. The lowest BCUT2D eigenvalue weighted by atomic mass is 10.2. The summed E-state index contributed by atoms with van der Waals surface area (Å²) < 4.78 is 5.17. The Kier molecular flexibility index (Phi) is 3.53. The molecule has 94 valence electrons. The van der Waals surface area contributed by atoms with E-state index in [0.717, 1.165) is 17.0 Å². The molecule has 1 heterocycles. The lowest BCUT2D eigenvalue weighted by molar-refractivity contribution is 0.103. The molecular weight excluding hydrogens is 248 g/mol. The number of amides is 1. The predicted molar refractivity (Wildman–Crippen MR) is 74.4 cm³/mol. The van der Waals surface area contributed by atoms with Gasteiger partial charge in [-0.25, -0.2) is 0 Å². The minimum atomic E-state index is -0.188. The predicted octanol–water partition coefficient (Wildman–Crippen LogP) is 2.90. The van der Waals surface area contributed by atoms with Crippen molar-refractivity contribution in [1.82, 2.24) is 0 Å². The van der Waals surface area contributed by atoms with Crippen LogP contribution >= 0.6 is 11.3 Å². The van der Waals surface area contributed by atoms with Gasteiger partial charge < -0.3 is 15.8 Å². The van der Waals surface area contributed by atoms with Crippen molar-refractivity contribution in [3.05, 3.63) is 40.1 Å². The number of nitrogens with two attached hydrogens (primary N) is 1. The van der Waals surface area contributed by atoms with Crippen LogP contribution in [-0.2, 0) is 0 Å². The van der Waals surface area contributed by atoms with Crippen LogP contribution in [0, 0.1) is 6.92 Å². The number of rotatable bonds is 3. The fourth-order valence-electron chi connectivity index (χ4n) is 1.65. The van der Waals surface area contributed by atoms with Gasteiger partial charge in [0.2, 0.25) is 0 Å². The zero-order valence-electron chi connectivity index (χ0n) is 10.2. The topological polar surface area (TPSA) is 64.3 Å². The fourth-order valence-corrected chi connectivity index (χ4v) is 2.36. The highest BCUT2D eigenvalue weighted by Gasteiger charge is 2.11. The quantitative estimate of drug-likeness (QED) is 0.894. The molecule has 0 fully saturated rings. The molecule has 0 spiro atoms. The van der Waals surface area contributed by atoms with Crippen LogP contribution in [0.4, 0.5) is 11.4 Å². The van der Waals surface area contributed by atoms with E-state index in [0.29, 0.717) is 10.6 Å². The van der Waals surface area contributed by atoms with Crippen molar-refractivity contribution in [3.63, 3.8) is 0 Å². The molecule has 0 radical (unpaired) electrons. The van der Waals surface area contributed by atoms with Gasteiger partial charge in [-0.1, -0.05) is 0 Å². The van der Waals surface area contributed by atoms with Gasteiger partial charge in [-0.3, -0.25) is 4.79 Å². The third-order valence-corrected chi connectivity index (χ3v) is 3.48. The van der Waals surface area contributed by atoms with Crippen LogP contribution in [0.2, 0.25) is 0 Å². The molecule has 0 unspecified atom stereocenters. The van der Waals surface area contributed by atoms with Gasteiger partial charge in [-0.15, -0.1) is 11.3 Å². The van der Waals surface area contributed by atoms with Crippen LogP contribution in [0.15, 0.2) is 29.6 Å². The number of carbonyl (C=O) groups excluding carboxylic acids is 1. The Morgan fingerprint density at radius 1 is 1.39 bits per heavy atom. The summed E-state index contributed by atoms with van der Waals surface area (Å²) in [4.78, 5) is 12.5. The normalized spacial score (nSPS) is 10.1. The number of nitrogens with one attached hydrogen (secondary N) is 1. The van der Waals surface area contributed by atoms with Crippen molar-refractivity contribution in [3.8, 4) is 5.75 Å². The maximum Gasteiger partial charge on any atom is 0.267 e. The number of hydrogen-bond donors (Lipinski definition) is 2. The average Bonchev–Trinajstić information content (AvgIpc) is 2.76. The first-order valence-electron chi connectivity index (χ1n) is 5.41. The van der Waals surface area contributed by atoms with E-state index in [1.54, 1.807) is 24.6 Å². The zero-order chi connectivity index (χ0) is 13.1. The van der Waals surface area contributed by atoms with Crippen LogP contribution in [-0.4, -0.2) is 13.0 Å². The van der Waals surface area contributed by atoms with Gasteiger partial charge in [-0.2, -0.15) is 0 Å². The van der Waals surface area contributed by atoms with Gasteiger partial charge in [0, 0.05) is 5.69 Å². The van der Waals surface area contributed by atoms with E-state index in [1.807, 2.05) is 19.1 Å². The summed E-state index contributed by atoms with van der Waals surface area (Å²) in [5.41, 5.74) is 7.90. The molecule has 0 saturated heterocycles. The van der Waals surface area contributed by atoms with E-state index in [1.165, 1.54) is 11.3 Å². The van der Waals surface area contributed by atoms with Crippen molar-refractivity contribution in [2.24, 2.45) is 0 Å². The van der Waals surface area contributed by atoms with Crippen molar-refractivity contribution in [2.75, 3.05) is 18.2 Å². The second-order valence-corrected chi connectivity index (χ2v) is 4.76. The van der Waals surface area contributed by atoms with Gasteiger partial charge in [0.05, 0.1) is 12.8 Å². The molecule has 1 aromatic carbocycles. The molecule has 1 amide bonds. The largest absolute Gasteiger partial charge is 0.496 e. The third kappa shape index (κ3) is 2.46. The van der Waals surface area contributed by atoms with Gasteiger partial charge in [0.25, 0.3) is 5.91 Å². The summed E-state index contributed by atoms with van der Waals surface area (Å²) in [7, 11) is 1.62. The van der Waals surface area contributed by atoms with Crippen molar-refractivity contribution in [2.45, 2.75) is 6.92 Å². The second kappa shape index (κ2) is 5.10.